The molecule has 90 valence electrons. The minimum atomic E-state index is -0.277. The maximum Gasteiger partial charge on any atom is 0.240 e. The van der Waals surface area contributed by atoms with Crippen LogP contribution in [0.5, 0.6) is 0 Å². The summed E-state index contributed by atoms with van der Waals surface area (Å²) >= 11 is 0. The SMILES string of the molecule is O=C1CN(CCc2cccc(F)c2)CC(=O)N1. The molecule has 0 bridgehead atoms. The first-order valence-corrected chi connectivity index (χ1v) is 5.43. The highest BCUT2D eigenvalue weighted by molar-refractivity contribution is 5.99. The van der Waals surface area contributed by atoms with E-state index in [1.807, 2.05) is 6.07 Å². The van der Waals surface area contributed by atoms with Crippen molar-refractivity contribution in [3.05, 3.63) is 35.6 Å². The molecule has 2 amide bonds. The summed E-state index contributed by atoms with van der Waals surface area (Å²) in [4.78, 5) is 24.0. The lowest BCUT2D eigenvalue weighted by molar-refractivity contribution is -0.135. The first kappa shape index (κ1) is 11.7. The average Bonchev–Trinajstić information content (AvgIpc) is 2.25. The Hall–Kier alpha value is -1.75. The number of benzene rings is 1. The highest BCUT2D eigenvalue weighted by Gasteiger charge is 2.21. The Morgan fingerprint density at radius 3 is 2.59 bits per heavy atom. The lowest BCUT2D eigenvalue weighted by atomic mass is 10.1. The maximum atomic E-state index is 12.9. The zero-order valence-electron chi connectivity index (χ0n) is 9.28. The monoisotopic (exact) mass is 236 g/mol. The number of carbonyl (C=O) groups excluding carboxylic acids is 2. The van der Waals surface area contributed by atoms with Gasteiger partial charge in [0.15, 0.2) is 0 Å². The molecule has 0 atom stereocenters. The molecule has 0 radical (unpaired) electrons. The van der Waals surface area contributed by atoms with E-state index < -0.39 is 0 Å². The summed E-state index contributed by atoms with van der Waals surface area (Å²) < 4.78 is 12.9. The number of hydrogen-bond donors (Lipinski definition) is 1. The van der Waals surface area contributed by atoms with E-state index in [2.05, 4.69) is 5.32 Å². The largest absolute Gasteiger partial charge is 0.294 e. The third-order valence-corrected chi connectivity index (χ3v) is 2.62. The molecule has 1 saturated heterocycles. The summed E-state index contributed by atoms with van der Waals surface area (Å²) in [6.07, 6.45) is 0.623. The van der Waals surface area contributed by atoms with Crippen molar-refractivity contribution in [1.82, 2.24) is 10.2 Å². The normalized spacial score (nSPS) is 17.0. The van der Waals surface area contributed by atoms with E-state index in [1.54, 1.807) is 11.0 Å². The molecule has 2 rings (SSSR count). The quantitative estimate of drug-likeness (QED) is 0.769. The van der Waals surface area contributed by atoms with Gasteiger partial charge < -0.3 is 0 Å². The van der Waals surface area contributed by atoms with E-state index in [4.69, 9.17) is 0 Å². The van der Waals surface area contributed by atoms with Crippen LogP contribution in [0.1, 0.15) is 5.56 Å². The van der Waals surface area contributed by atoms with Gasteiger partial charge >= 0.3 is 0 Å². The molecule has 0 unspecified atom stereocenters. The van der Waals surface area contributed by atoms with Crippen molar-refractivity contribution in [2.75, 3.05) is 19.6 Å². The average molecular weight is 236 g/mol. The minimum Gasteiger partial charge on any atom is -0.294 e. The molecule has 0 aromatic heterocycles. The van der Waals surface area contributed by atoms with Crippen LogP contribution < -0.4 is 5.32 Å². The lowest BCUT2D eigenvalue weighted by Crippen LogP contribution is -2.51. The van der Waals surface area contributed by atoms with Crippen LogP contribution in [0.2, 0.25) is 0 Å². The smallest absolute Gasteiger partial charge is 0.240 e. The predicted octanol–water partition coefficient (Wildman–Crippen LogP) is 0.327. The molecule has 5 heteroatoms. The topological polar surface area (TPSA) is 49.4 Å². The van der Waals surface area contributed by atoms with Crippen molar-refractivity contribution in [3.8, 4) is 0 Å². The van der Waals surface area contributed by atoms with Crippen LogP contribution in [0.25, 0.3) is 0 Å². The number of rotatable bonds is 3. The highest BCUT2D eigenvalue weighted by atomic mass is 19.1. The fourth-order valence-corrected chi connectivity index (χ4v) is 1.83. The Bertz CT molecular complexity index is 432. The van der Waals surface area contributed by atoms with Crippen LogP contribution in [-0.4, -0.2) is 36.3 Å². The first-order chi connectivity index (χ1) is 8.13. The summed E-state index contributed by atoms with van der Waals surface area (Å²) in [5, 5.41) is 2.24. The van der Waals surface area contributed by atoms with Gasteiger partial charge in [-0.1, -0.05) is 12.1 Å². The second-order valence-electron chi connectivity index (χ2n) is 4.06. The first-order valence-electron chi connectivity index (χ1n) is 5.43. The molecule has 1 fully saturated rings. The Labute approximate surface area is 98.4 Å². The van der Waals surface area contributed by atoms with Crippen molar-refractivity contribution in [2.45, 2.75) is 6.42 Å². The van der Waals surface area contributed by atoms with Gasteiger partial charge in [0.2, 0.25) is 11.8 Å². The molecule has 1 aromatic rings. The molecule has 1 aromatic carbocycles. The molecule has 1 N–H and O–H groups in total. The third kappa shape index (κ3) is 3.35. The maximum absolute atomic E-state index is 12.9. The Kier molecular flexibility index (Phi) is 3.49. The van der Waals surface area contributed by atoms with Gasteiger partial charge in [0.05, 0.1) is 13.1 Å². The summed E-state index contributed by atoms with van der Waals surface area (Å²) in [6, 6.07) is 6.33. The molecule has 1 aliphatic heterocycles. The number of nitrogens with zero attached hydrogens (tertiary/aromatic N) is 1. The van der Waals surface area contributed by atoms with Gasteiger partial charge in [-0.05, 0) is 24.1 Å². The van der Waals surface area contributed by atoms with Gasteiger partial charge in [-0.2, -0.15) is 0 Å². The van der Waals surface area contributed by atoms with Crippen molar-refractivity contribution in [2.24, 2.45) is 0 Å². The number of piperazine rings is 1. The van der Waals surface area contributed by atoms with Gasteiger partial charge in [0, 0.05) is 6.54 Å². The van der Waals surface area contributed by atoms with Crippen LogP contribution >= 0.6 is 0 Å². The van der Waals surface area contributed by atoms with Crippen LogP contribution in [0, 0.1) is 5.82 Å². The second kappa shape index (κ2) is 5.05. The van der Waals surface area contributed by atoms with E-state index in [9.17, 15) is 14.0 Å². The zero-order valence-corrected chi connectivity index (χ0v) is 9.28. The predicted molar refractivity (Wildman–Crippen MR) is 59.7 cm³/mol. The van der Waals surface area contributed by atoms with Crippen molar-refractivity contribution < 1.29 is 14.0 Å². The number of nitrogens with one attached hydrogen (secondary N) is 1. The molecule has 1 heterocycles. The van der Waals surface area contributed by atoms with Gasteiger partial charge in [-0.3, -0.25) is 19.8 Å². The number of amides is 2. The molecular formula is C12H13FN2O2. The minimum absolute atomic E-state index is 0.223. The van der Waals surface area contributed by atoms with E-state index in [0.29, 0.717) is 13.0 Å². The zero-order chi connectivity index (χ0) is 12.3. The molecule has 4 nitrogen and oxygen atoms in total. The fourth-order valence-electron chi connectivity index (χ4n) is 1.83. The molecule has 0 saturated carbocycles. The standard InChI is InChI=1S/C12H13FN2O2/c13-10-3-1-2-9(6-10)4-5-15-7-11(16)14-12(17)8-15/h1-3,6H,4-5,7-8H2,(H,14,16,17). The number of carbonyl (C=O) groups is 2. The summed E-state index contributed by atoms with van der Waals surface area (Å²) in [5.74, 6) is -0.823. The number of halogens is 1. The van der Waals surface area contributed by atoms with Crippen molar-refractivity contribution in [3.63, 3.8) is 0 Å². The van der Waals surface area contributed by atoms with Crippen LogP contribution in [-0.2, 0) is 16.0 Å². The Balaban J connectivity index is 1.89. The third-order valence-electron chi connectivity index (χ3n) is 2.62. The highest BCUT2D eigenvalue weighted by Crippen LogP contribution is 2.06. The van der Waals surface area contributed by atoms with Gasteiger partial charge in [0.25, 0.3) is 0 Å². The summed E-state index contributed by atoms with van der Waals surface area (Å²) in [6.45, 7) is 1.02. The number of imide groups is 1. The van der Waals surface area contributed by atoms with Crippen LogP contribution in [0.15, 0.2) is 24.3 Å². The lowest BCUT2D eigenvalue weighted by Gasteiger charge is -2.25. The van der Waals surface area contributed by atoms with Crippen LogP contribution in [0.4, 0.5) is 4.39 Å². The molecule has 0 spiro atoms. The fraction of sp³-hybridized carbons (Fsp3) is 0.333. The van der Waals surface area contributed by atoms with E-state index >= 15 is 0 Å². The molecule has 1 aliphatic rings. The molecule has 0 aliphatic carbocycles. The number of hydrogen-bond acceptors (Lipinski definition) is 3. The second-order valence-corrected chi connectivity index (χ2v) is 4.06. The van der Waals surface area contributed by atoms with Crippen LogP contribution in [0.3, 0.4) is 0 Å². The van der Waals surface area contributed by atoms with E-state index in [-0.39, 0.29) is 30.7 Å². The van der Waals surface area contributed by atoms with E-state index in [1.165, 1.54) is 12.1 Å². The van der Waals surface area contributed by atoms with Gasteiger partial charge in [-0.25, -0.2) is 4.39 Å². The van der Waals surface area contributed by atoms with E-state index in [0.717, 1.165) is 5.56 Å². The van der Waals surface area contributed by atoms with Crippen molar-refractivity contribution in [1.29, 1.82) is 0 Å². The summed E-state index contributed by atoms with van der Waals surface area (Å²) in [7, 11) is 0. The summed E-state index contributed by atoms with van der Waals surface area (Å²) in [5.41, 5.74) is 0.864. The van der Waals surface area contributed by atoms with Gasteiger partial charge in [0.1, 0.15) is 5.82 Å². The molecule has 17 heavy (non-hydrogen) atoms. The Morgan fingerprint density at radius 1 is 1.24 bits per heavy atom. The van der Waals surface area contributed by atoms with Crippen molar-refractivity contribution >= 4 is 11.8 Å². The Morgan fingerprint density at radius 2 is 1.94 bits per heavy atom. The van der Waals surface area contributed by atoms with Gasteiger partial charge in [-0.15, -0.1) is 0 Å². The molecular weight excluding hydrogens is 223 g/mol.